The first kappa shape index (κ1) is 14.5. The lowest BCUT2D eigenvalue weighted by Gasteiger charge is -2.17. The summed E-state index contributed by atoms with van der Waals surface area (Å²) in [6, 6.07) is 0. The molecule has 1 aliphatic rings. The molecule has 7 heteroatoms. The van der Waals surface area contributed by atoms with Crippen molar-refractivity contribution in [2.45, 2.75) is 33.1 Å². The topological polar surface area (TPSA) is 84.2 Å². The van der Waals surface area contributed by atoms with Crippen molar-refractivity contribution in [2.24, 2.45) is 5.92 Å². The predicted octanol–water partition coefficient (Wildman–Crippen LogP) is 2.44. The summed E-state index contributed by atoms with van der Waals surface area (Å²) >= 11 is 0. The number of hydrogen-bond acceptors (Lipinski definition) is 6. The van der Waals surface area contributed by atoms with E-state index in [2.05, 4.69) is 29.1 Å². The summed E-state index contributed by atoms with van der Waals surface area (Å²) < 4.78 is 0. The summed E-state index contributed by atoms with van der Waals surface area (Å²) in [5, 5.41) is 14.4. The van der Waals surface area contributed by atoms with E-state index >= 15 is 0 Å². The van der Waals surface area contributed by atoms with E-state index in [1.54, 1.807) is 0 Å². The van der Waals surface area contributed by atoms with E-state index in [-0.39, 0.29) is 10.6 Å². The van der Waals surface area contributed by atoms with Gasteiger partial charge >= 0.3 is 5.69 Å². The van der Waals surface area contributed by atoms with E-state index in [0.29, 0.717) is 24.1 Å². The minimum absolute atomic E-state index is 0.00171. The Morgan fingerprint density at radius 3 is 2.70 bits per heavy atom. The summed E-state index contributed by atoms with van der Waals surface area (Å²) in [6.07, 6.45) is 4.45. The van der Waals surface area contributed by atoms with Crippen LogP contribution in [0.1, 0.15) is 33.1 Å². The van der Waals surface area contributed by atoms with Gasteiger partial charge in [0.15, 0.2) is 0 Å². The molecule has 1 aromatic heterocycles. The Bertz CT molecular complexity index is 472. The largest absolute Gasteiger partial charge is 0.364 e. The van der Waals surface area contributed by atoms with E-state index < -0.39 is 0 Å². The van der Waals surface area contributed by atoms with Crippen LogP contribution in [0.5, 0.6) is 0 Å². The Morgan fingerprint density at radius 1 is 1.40 bits per heavy atom. The molecule has 7 nitrogen and oxygen atoms in total. The van der Waals surface area contributed by atoms with E-state index in [1.165, 1.54) is 6.33 Å². The van der Waals surface area contributed by atoms with E-state index in [4.69, 9.17) is 0 Å². The van der Waals surface area contributed by atoms with E-state index in [0.717, 1.165) is 32.4 Å². The van der Waals surface area contributed by atoms with Crippen molar-refractivity contribution < 1.29 is 4.92 Å². The van der Waals surface area contributed by atoms with Crippen molar-refractivity contribution in [1.82, 2.24) is 9.97 Å². The Hall–Kier alpha value is -1.92. The average Bonchev–Trinajstić information content (AvgIpc) is 2.91. The van der Waals surface area contributed by atoms with Crippen molar-refractivity contribution in [2.75, 3.05) is 29.9 Å². The molecule has 0 spiro atoms. The summed E-state index contributed by atoms with van der Waals surface area (Å²) in [6.45, 7) is 6.55. The van der Waals surface area contributed by atoms with Crippen molar-refractivity contribution in [3.63, 3.8) is 0 Å². The molecule has 2 rings (SSSR count). The minimum Gasteiger partial charge on any atom is -0.364 e. The molecule has 0 aliphatic carbocycles. The Kier molecular flexibility index (Phi) is 4.70. The van der Waals surface area contributed by atoms with Crippen LogP contribution in [0.15, 0.2) is 6.33 Å². The molecule has 0 unspecified atom stereocenters. The third-order valence-electron chi connectivity index (χ3n) is 3.41. The van der Waals surface area contributed by atoms with Gasteiger partial charge in [-0.3, -0.25) is 10.1 Å². The molecule has 0 atom stereocenters. The van der Waals surface area contributed by atoms with Crippen molar-refractivity contribution in [3.05, 3.63) is 16.4 Å². The fraction of sp³-hybridized carbons (Fsp3) is 0.692. The molecule has 0 aromatic carbocycles. The third kappa shape index (κ3) is 3.34. The van der Waals surface area contributed by atoms with Crippen molar-refractivity contribution >= 4 is 17.3 Å². The summed E-state index contributed by atoms with van der Waals surface area (Å²) in [7, 11) is 0. The lowest BCUT2D eigenvalue weighted by atomic mass is 10.1. The average molecular weight is 279 g/mol. The fourth-order valence-electron chi connectivity index (χ4n) is 2.31. The maximum absolute atomic E-state index is 11.4. The first-order valence-electron chi connectivity index (χ1n) is 7.07. The monoisotopic (exact) mass is 279 g/mol. The fourth-order valence-corrected chi connectivity index (χ4v) is 2.31. The highest BCUT2D eigenvalue weighted by Gasteiger charge is 2.28. The van der Waals surface area contributed by atoms with Gasteiger partial charge in [-0.25, -0.2) is 9.97 Å². The lowest BCUT2D eigenvalue weighted by Crippen LogP contribution is -2.21. The molecule has 110 valence electrons. The molecule has 1 fully saturated rings. The number of rotatable bonds is 6. The molecule has 20 heavy (non-hydrogen) atoms. The zero-order valence-electron chi connectivity index (χ0n) is 12.0. The molecule has 2 heterocycles. The zero-order valence-corrected chi connectivity index (χ0v) is 12.0. The number of aromatic nitrogens is 2. The van der Waals surface area contributed by atoms with Gasteiger partial charge in [-0.1, -0.05) is 13.8 Å². The number of hydrogen-bond donors (Lipinski definition) is 1. The number of anilines is 2. The van der Waals surface area contributed by atoms with Crippen LogP contribution in [0.25, 0.3) is 0 Å². The van der Waals surface area contributed by atoms with Gasteiger partial charge < -0.3 is 10.2 Å². The Labute approximate surface area is 118 Å². The van der Waals surface area contributed by atoms with Gasteiger partial charge in [0.05, 0.1) is 4.92 Å². The van der Waals surface area contributed by atoms with Crippen LogP contribution < -0.4 is 10.2 Å². The second kappa shape index (κ2) is 6.49. The first-order valence-corrected chi connectivity index (χ1v) is 7.07. The van der Waals surface area contributed by atoms with Crippen LogP contribution >= 0.6 is 0 Å². The van der Waals surface area contributed by atoms with Gasteiger partial charge in [-0.05, 0) is 25.2 Å². The Morgan fingerprint density at radius 2 is 2.10 bits per heavy atom. The molecule has 0 saturated carbocycles. The van der Waals surface area contributed by atoms with Crippen LogP contribution in [-0.4, -0.2) is 34.5 Å². The lowest BCUT2D eigenvalue weighted by molar-refractivity contribution is -0.383. The number of nitro groups is 1. The summed E-state index contributed by atoms with van der Waals surface area (Å²) in [5.41, 5.74) is -0.00171. The SMILES string of the molecule is CC(C)CCNc1ncnc(N2CCCC2)c1[N+](=O)[O-]. The number of nitrogens with zero attached hydrogens (tertiary/aromatic N) is 4. The quantitative estimate of drug-likeness (QED) is 0.636. The molecular formula is C13H21N5O2. The second-order valence-electron chi connectivity index (χ2n) is 5.46. The third-order valence-corrected chi connectivity index (χ3v) is 3.41. The van der Waals surface area contributed by atoms with Crippen molar-refractivity contribution in [3.8, 4) is 0 Å². The van der Waals surface area contributed by atoms with Gasteiger partial charge in [0.25, 0.3) is 0 Å². The van der Waals surface area contributed by atoms with Crippen molar-refractivity contribution in [1.29, 1.82) is 0 Å². The van der Waals surface area contributed by atoms with Gasteiger partial charge in [-0.15, -0.1) is 0 Å². The molecule has 0 bridgehead atoms. The second-order valence-corrected chi connectivity index (χ2v) is 5.46. The van der Waals surface area contributed by atoms with Crippen LogP contribution in [-0.2, 0) is 0 Å². The van der Waals surface area contributed by atoms with Crippen LogP contribution in [0.2, 0.25) is 0 Å². The summed E-state index contributed by atoms with van der Waals surface area (Å²) in [4.78, 5) is 21.1. The molecule has 1 N–H and O–H groups in total. The summed E-state index contributed by atoms with van der Waals surface area (Å²) in [5.74, 6) is 1.31. The highest BCUT2D eigenvalue weighted by molar-refractivity contribution is 5.70. The first-order chi connectivity index (χ1) is 9.59. The molecule has 1 aliphatic heterocycles. The Balaban J connectivity index is 2.22. The highest BCUT2D eigenvalue weighted by Crippen LogP contribution is 2.33. The maximum Gasteiger partial charge on any atom is 0.353 e. The maximum atomic E-state index is 11.4. The smallest absolute Gasteiger partial charge is 0.353 e. The van der Waals surface area contributed by atoms with Gasteiger partial charge in [0.1, 0.15) is 6.33 Å². The zero-order chi connectivity index (χ0) is 14.5. The van der Waals surface area contributed by atoms with Gasteiger partial charge in [-0.2, -0.15) is 0 Å². The molecule has 0 radical (unpaired) electrons. The molecule has 1 saturated heterocycles. The molecular weight excluding hydrogens is 258 g/mol. The highest BCUT2D eigenvalue weighted by atomic mass is 16.6. The van der Waals surface area contributed by atoms with Gasteiger partial charge in [0, 0.05) is 19.6 Å². The van der Waals surface area contributed by atoms with Gasteiger partial charge in [0.2, 0.25) is 11.6 Å². The number of nitrogens with one attached hydrogen (secondary N) is 1. The molecule has 0 amide bonds. The van der Waals surface area contributed by atoms with E-state index in [1.807, 2.05) is 4.90 Å². The standard InChI is InChI=1S/C13H21N5O2/c1-10(2)5-6-14-12-11(18(19)20)13(16-9-15-12)17-7-3-4-8-17/h9-10H,3-8H2,1-2H3,(H,14,15,16). The van der Waals surface area contributed by atoms with Crippen LogP contribution in [0.4, 0.5) is 17.3 Å². The van der Waals surface area contributed by atoms with Crippen LogP contribution in [0, 0.1) is 16.0 Å². The molecule has 1 aromatic rings. The normalized spacial score (nSPS) is 14.8. The minimum atomic E-state index is -0.384. The van der Waals surface area contributed by atoms with E-state index in [9.17, 15) is 10.1 Å². The van der Waals surface area contributed by atoms with Crippen LogP contribution in [0.3, 0.4) is 0 Å². The predicted molar refractivity (Wildman–Crippen MR) is 78.1 cm³/mol.